The van der Waals surface area contributed by atoms with Gasteiger partial charge in [0.2, 0.25) is 0 Å². The van der Waals surface area contributed by atoms with E-state index >= 15 is 0 Å². The van der Waals surface area contributed by atoms with E-state index in [1.807, 2.05) is 18.5 Å². The maximum absolute atomic E-state index is 5.21. The van der Waals surface area contributed by atoms with E-state index < -0.39 is 0 Å². The van der Waals surface area contributed by atoms with E-state index in [-0.39, 0.29) is 0 Å². The SMILES string of the molecule is COCCn1ccnc1CN1CCCC[C@H]1c1nc2ccccc2[nH]1. The van der Waals surface area contributed by atoms with Crippen LogP contribution in [0.4, 0.5) is 0 Å². The van der Waals surface area contributed by atoms with Crippen LogP contribution in [0.2, 0.25) is 0 Å². The van der Waals surface area contributed by atoms with Crippen LogP contribution in [-0.2, 0) is 17.8 Å². The number of aromatic amines is 1. The molecule has 2 aromatic heterocycles. The number of H-pyrrole nitrogens is 1. The molecule has 4 rings (SSSR count). The van der Waals surface area contributed by atoms with Gasteiger partial charge in [0.05, 0.1) is 30.2 Å². The molecule has 1 aromatic carbocycles. The number of hydrogen-bond acceptors (Lipinski definition) is 4. The number of ether oxygens (including phenoxy) is 1. The molecule has 1 atom stereocenters. The van der Waals surface area contributed by atoms with E-state index in [1.165, 1.54) is 12.8 Å². The molecular weight excluding hydrogens is 314 g/mol. The Morgan fingerprint density at radius 1 is 1.28 bits per heavy atom. The number of aromatic nitrogens is 4. The molecule has 1 saturated heterocycles. The van der Waals surface area contributed by atoms with Crippen molar-refractivity contribution < 1.29 is 4.74 Å². The largest absolute Gasteiger partial charge is 0.383 e. The van der Waals surface area contributed by atoms with Gasteiger partial charge in [0.1, 0.15) is 11.6 Å². The average Bonchev–Trinajstić information content (AvgIpc) is 3.27. The number of likely N-dealkylation sites (tertiary alicyclic amines) is 1. The molecule has 0 radical (unpaired) electrons. The van der Waals surface area contributed by atoms with Crippen molar-refractivity contribution in [1.82, 2.24) is 24.4 Å². The van der Waals surface area contributed by atoms with Crippen molar-refractivity contribution in [3.8, 4) is 0 Å². The molecule has 1 aliphatic rings. The summed E-state index contributed by atoms with van der Waals surface area (Å²) in [5.41, 5.74) is 2.16. The number of methoxy groups -OCH3 is 1. The van der Waals surface area contributed by atoms with Crippen LogP contribution in [-0.4, -0.2) is 44.7 Å². The number of nitrogens with one attached hydrogen (secondary N) is 1. The lowest BCUT2D eigenvalue weighted by Gasteiger charge is -2.34. The third-order valence-corrected chi connectivity index (χ3v) is 5.02. The zero-order chi connectivity index (χ0) is 17.1. The molecule has 6 nitrogen and oxygen atoms in total. The van der Waals surface area contributed by atoms with Crippen LogP contribution in [0.15, 0.2) is 36.7 Å². The highest BCUT2D eigenvalue weighted by atomic mass is 16.5. The molecule has 0 saturated carbocycles. The second-order valence-corrected chi connectivity index (χ2v) is 6.65. The van der Waals surface area contributed by atoms with E-state index in [9.17, 15) is 0 Å². The van der Waals surface area contributed by atoms with Crippen molar-refractivity contribution in [2.24, 2.45) is 0 Å². The Kier molecular flexibility index (Phi) is 4.81. The number of fused-ring (bicyclic) bond motifs is 1. The minimum absolute atomic E-state index is 0.328. The maximum Gasteiger partial charge on any atom is 0.124 e. The van der Waals surface area contributed by atoms with E-state index in [1.54, 1.807) is 7.11 Å². The first-order valence-corrected chi connectivity index (χ1v) is 9.03. The molecule has 0 unspecified atom stereocenters. The normalized spacial score (nSPS) is 18.8. The lowest BCUT2D eigenvalue weighted by molar-refractivity contribution is 0.127. The van der Waals surface area contributed by atoms with Crippen molar-refractivity contribution in [2.45, 2.75) is 38.4 Å². The van der Waals surface area contributed by atoms with Crippen LogP contribution in [0.25, 0.3) is 11.0 Å². The van der Waals surface area contributed by atoms with Crippen molar-refractivity contribution in [3.05, 3.63) is 48.3 Å². The number of rotatable bonds is 6. The molecule has 1 aliphatic heterocycles. The topological polar surface area (TPSA) is 59.0 Å². The van der Waals surface area contributed by atoms with Gasteiger partial charge in [-0.25, -0.2) is 9.97 Å². The second kappa shape index (κ2) is 7.37. The van der Waals surface area contributed by atoms with E-state index in [0.717, 1.165) is 48.7 Å². The number of piperidine rings is 1. The molecule has 3 heterocycles. The highest BCUT2D eigenvalue weighted by Crippen LogP contribution is 2.31. The van der Waals surface area contributed by atoms with Gasteiger partial charge in [0.15, 0.2) is 0 Å². The van der Waals surface area contributed by atoms with Gasteiger partial charge < -0.3 is 14.3 Å². The summed E-state index contributed by atoms with van der Waals surface area (Å²) in [4.78, 5) is 15.4. The fourth-order valence-corrected chi connectivity index (χ4v) is 3.69. The predicted octanol–water partition coefficient (Wildman–Crippen LogP) is 3.13. The molecule has 1 N–H and O–H groups in total. The van der Waals surface area contributed by atoms with Crippen LogP contribution >= 0.6 is 0 Å². The molecule has 3 aromatic rings. The van der Waals surface area contributed by atoms with Gasteiger partial charge in [-0.3, -0.25) is 4.90 Å². The predicted molar refractivity (Wildman–Crippen MR) is 97.2 cm³/mol. The molecule has 0 aliphatic carbocycles. The smallest absolute Gasteiger partial charge is 0.124 e. The van der Waals surface area contributed by atoms with Crippen LogP contribution in [0, 0.1) is 0 Å². The van der Waals surface area contributed by atoms with Gasteiger partial charge >= 0.3 is 0 Å². The lowest BCUT2D eigenvalue weighted by Crippen LogP contribution is -2.34. The molecule has 25 heavy (non-hydrogen) atoms. The van der Waals surface area contributed by atoms with Gasteiger partial charge in [-0.05, 0) is 31.5 Å². The first-order chi connectivity index (χ1) is 12.3. The van der Waals surface area contributed by atoms with E-state index in [4.69, 9.17) is 9.72 Å². The summed E-state index contributed by atoms with van der Waals surface area (Å²) in [6.07, 6.45) is 7.53. The molecule has 132 valence electrons. The van der Waals surface area contributed by atoms with E-state index in [0.29, 0.717) is 12.6 Å². The molecule has 0 amide bonds. The van der Waals surface area contributed by atoms with Gasteiger partial charge in [0, 0.05) is 26.0 Å². The standard InChI is InChI=1S/C19H25N5O/c1-25-13-12-23-11-9-20-18(23)14-24-10-5-4-8-17(24)19-21-15-6-2-3-7-16(15)22-19/h2-3,6-7,9,11,17H,4-5,8,10,12-14H2,1H3,(H,21,22)/t17-/m0/s1. The fraction of sp³-hybridized carbons (Fsp3) is 0.474. The van der Waals surface area contributed by atoms with Gasteiger partial charge in [-0.2, -0.15) is 0 Å². The molecule has 0 bridgehead atoms. The summed E-state index contributed by atoms with van der Waals surface area (Å²) >= 11 is 0. The fourth-order valence-electron chi connectivity index (χ4n) is 3.69. The van der Waals surface area contributed by atoms with Gasteiger partial charge in [-0.1, -0.05) is 18.6 Å². The summed E-state index contributed by atoms with van der Waals surface area (Å²) in [6, 6.07) is 8.58. The van der Waals surface area contributed by atoms with Crippen LogP contribution in [0.5, 0.6) is 0 Å². The second-order valence-electron chi connectivity index (χ2n) is 6.65. The van der Waals surface area contributed by atoms with Crippen LogP contribution < -0.4 is 0 Å². The summed E-state index contributed by atoms with van der Waals surface area (Å²) in [5.74, 6) is 2.18. The molecule has 0 spiro atoms. The highest BCUT2D eigenvalue weighted by Gasteiger charge is 2.27. The zero-order valence-corrected chi connectivity index (χ0v) is 14.7. The zero-order valence-electron chi connectivity index (χ0n) is 14.7. The van der Waals surface area contributed by atoms with Crippen LogP contribution in [0.3, 0.4) is 0 Å². The van der Waals surface area contributed by atoms with Gasteiger partial charge in [0.25, 0.3) is 0 Å². The summed E-state index contributed by atoms with van der Waals surface area (Å²) < 4.78 is 7.40. The molecule has 6 heteroatoms. The van der Waals surface area contributed by atoms with Gasteiger partial charge in [-0.15, -0.1) is 0 Å². The first-order valence-electron chi connectivity index (χ1n) is 9.03. The number of imidazole rings is 2. The minimum Gasteiger partial charge on any atom is -0.383 e. The minimum atomic E-state index is 0.328. The summed E-state index contributed by atoms with van der Waals surface area (Å²) in [6.45, 7) is 3.47. The third kappa shape index (κ3) is 3.45. The van der Waals surface area contributed by atoms with E-state index in [2.05, 4.69) is 37.6 Å². The first kappa shape index (κ1) is 16.3. The molecular formula is C19H25N5O. The Morgan fingerprint density at radius 3 is 3.08 bits per heavy atom. The Balaban J connectivity index is 1.56. The Labute approximate surface area is 147 Å². The Hall–Kier alpha value is -2.18. The lowest BCUT2D eigenvalue weighted by atomic mass is 10.0. The average molecular weight is 339 g/mol. The Bertz CT molecular complexity index is 791. The summed E-state index contributed by atoms with van der Waals surface area (Å²) in [5, 5.41) is 0. The number of hydrogen-bond donors (Lipinski definition) is 1. The van der Waals surface area contributed by atoms with Crippen molar-refractivity contribution in [3.63, 3.8) is 0 Å². The maximum atomic E-state index is 5.21. The Morgan fingerprint density at radius 2 is 2.20 bits per heavy atom. The summed E-state index contributed by atoms with van der Waals surface area (Å²) in [7, 11) is 1.73. The monoisotopic (exact) mass is 339 g/mol. The van der Waals surface area contributed by atoms with Crippen molar-refractivity contribution >= 4 is 11.0 Å². The van der Waals surface area contributed by atoms with Crippen LogP contribution in [0.1, 0.15) is 37.0 Å². The quantitative estimate of drug-likeness (QED) is 0.749. The number of benzene rings is 1. The van der Waals surface area contributed by atoms with Crippen molar-refractivity contribution in [2.75, 3.05) is 20.3 Å². The number of para-hydroxylation sites is 2. The third-order valence-electron chi connectivity index (χ3n) is 5.02. The van der Waals surface area contributed by atoms with Crippen molar-refractivity contribution in [1.29, 1.82) is 0 Å². The highest BCUT2D eigenvalue weighted by molar-refractivity contribution is 5.74. The number of nitrogens with zero attached hydrogens (tertiary/aromatic N) is 4. The molecule has 1 fully saturated rings.